The van der Waals surface area contributed by atoms with Gasteiger partial charge in [-0.15, -0.1) is 0 Å². The number of ether oxygens (including phenoxy) is 1. The molecule has 1 aromatic rings. The van der Waals surface area contributed by atoms with Gasteiger partial charge in [0.2, 0.25) is 0 Å². The molecule has 0 bridgehead atoms. The molecule has 3 N–H and O–H groups in total. The van der Waals surface area contributed by atoms with Gasteiger partial charge in [0, 0.05) is 18.0 Å². The molecule has 4 heteroatoms. The lowest BCUT2D eigenvalue weighted by Crippen LogP contribution is -2.14. The van der Waals surface area contributed by atoms with E-state index in [9.17, 15) is 4.79 Å². The molecule has 0 amide bonds. The van der Waals surface area contributed by atoms with Gasteiger partial charge in [-0.05, 0) is 31.2 Å². The number of carbonyl (C=O) groups is 1. The molecule has 18 heavy (non-hydrogen) atoms. The van der Waals surface area contributed by atoms with Crippen molar-refractivity contribution in [2.45, 2.75) is 31.7 Å². The van der Waals surface area contributed by atoms with E-state index >= 15 is 0 Å². The third-order valence-electron chi connectivity index (χ3n) is 3.16. The highest BCUT2D eigenvalue weighted by molar-refractivity contribution is 5.66. The van der Waals surface area contributed by atoms with Crippen LogP contribution >= 0.6 is 0 Å². The Hall–Kier alpha value is -1.55. The van der Waals surface area contributed by atoms with Crippen LogP contribution in [-0.4, -0.2) is 17.7 Å². The van der Waals surface area contributed by atoms with Crippen molar-refractivity contribution >= 4 is 5.97 Å². The zero-order chi connectivity index (χ0) is 13.0. The van der Waals surface area contributed by atoms with E-state index in [-0.39, 0.29) is 12.5 Å². The second kappa shape index (κ2) is 5.87. The maximum Gasteiger partial charge on any atom is 0.303 e. The molecule has 4 nitrogen and oxygen atoms in total. The van der Waals surface area contributed by atoms with Crippen LogP contribution in [0.25, 0.3) is 0 Å². The minimum atomic E-state index is -0.818. The molecule has 0 aliphatic heterocycles. The second-order valence-electron chi connectivity index (χ2n) is 4.83. The number of carboxylic acids is 1. The molecule has 1 atom stereocenters. The van der Waals surface area contributed by atoms with E-state index in [4.69, 9.17) is 15.6 Å². The largest absolute Gasteiger partial charge is 0.493 e. The van der Waals surface area contributed by atoms with Crippen LogP contribution in [0.4, 0.5) is 0 Å². The summed E-state index contributed by atoms with van der Waals surface area (Å²) in [7, 11) is 0. The van der Waals surface area contributed by atoms with E-state index in [1.54, 1.807) is 0 Å². The van der Waals surface area contributed by atoms with Gasteiger partial charge in [-0.1, -0.05) is 18.2 Å². The Bertz CT molecular complexity index is 415. The van der Waals surface area contributed by atoms with Gasteiger partial charge >= 0.3 is 5.97 Å². The van der Waals surface area contributed by atoms with Crippen molar-refractivity contribution < 1.29 is 14.6 Å². The summed E-state index contributed by atoms with van der Waals surface area (Å²) in [5.41, 5.74) is 6.93. The van der Waals surface area contributed by atoms with Crippen LogP contribution in [0.5, 0.6) is 5.75 Å². The molecule has 1 aliphatic rings. The van der Waals surface area contributed by atoms with E-state index in [1.807, 2.05) is 24.3 Å². The summed E-state index contributed by atoms with van der Waals surface area (Å²) in [6.45, 7) is 0.739. The van der Waals surface area contributed by atoms with Gasteiger partial charge in [-0.25, -0.2) is 0 Å². The van der Waals surface area contributed by atoms with Gasteiger partial charge in [0.25, 0.3) is 0 Å². The molecule has 2 rings (SSSR count). The Labute approximate surface area is 107 Å². The maximum atomic E-state index is 10.6. The van der Waals surface area contributed by atoms with Crippen LogP contribution in [0.15, 0.2) is 24.3 Å². The summed E-state index contributed by atoms with van der Waals surface area (Å²) in [5, 5.41) is 8.68. The molecule has 1 aliphatic carbocycles. The number of benzene rings is 1. The van der Waals surface area contributed by atoms with Crippen molar-refractivity contribution in [3.63, 3.8) is 0 Å². The van der Waals surface area contributed by atoms with Gasteiger partial charge < -0.3 is 15.6 Å². The van der Waals surface area contributed by atoms with Crippen LogP contribution in [0.3, 0.4) is 0 Å². The quantitative estimate of drug-likeness (QED) is 0.778. The Morgan fingerprint density at radius 3 is 2.83 bits per heavy atom. The first kappa shape index (κ1) is 12.9. The van der Waals surface area contributed by atoms with Crippen molar-refractivity contribution in [3.05, 3.63) is 29.8 Å². The first-order chi connectivity index (χ1) is 8.66. The van der Waals surface area contributed by atoms with Crippen molar-refractivity contribution in [2.24, 2.45) is 11.7 Å². The minimum absolute atomic E-state index is 0.0815. The average molecular weight is 249 g/mol. The van der Waals surface area contributed by atoms with Crippen LogP contribution in [0.2, 0.25) is 0 Å². The predicted molar refractivity (Wildman–Crippen MR) is 68.5 cm³/mol. The molecule has 98 valence electrons. The standard InChI is InChI=1S/C14H19NO3/c15-12(7-8-14(16)17)11-3-1-2-4-13(11)18-9-10-5-6-10/h1-4,10,12H,5-9,15H2,(H,16,17). The summed E-state index contributed by atoms with van der Waals surface area (Å²) in [6.07, 6.45) is 3.00. The van der Waals surface area contributed by atoms with Gasteiger partial charge in [0.1, 0.15) is 5.75 Å². The fourth-order valence-electron chi connectivity index (χ4n) is 1.84. The highest BCUT2D eigenvalue weighted by Gasteiger charge is 2.22. The maximum absolute atomic E-state index is 10.6. The second-order valence-corrected chi connectivity index (χ2v) is 4.83. The van der Waals surface area contributed by atoms with Crippen LogP contribution in [-0.2, 0) is 4.79 Å². The monoisotopic (exact) mass is 249 g/mol. The summed E-state index contributed by atoms with van der Waals surface area (Å²) in [6, 6.07) is 7.35. The lowest BCUT2D eigenvalue weighted by molar-refractivity contribution is -0.137. The number of nitrogens with two attached hydrogens (primary N) is 1. The van der Waals surface area contributed by atoms with Gasteiger partial charge in [0.15, 0.2) is 0 Å². The molecule has 0 aromatic heterocycles. The zero-order valence-corrected chi connectivity index (χ0v) is 10.3. The lowest BCUT2D eigenvalue weighted by atomic mass is 10.0. The first-order valence-electron chi connectivity index (χ1n) is 6.36. The fraction of sp³-hybridized carbons (Fsp3) is 0.500. The molecule has 1 fully saturated rings. The van der Waals surface area contributed by atoms with Crippen LogP contribution in [0, 0.1) is 5.92 Å². The number of hydrogen-bond acceptors (Lipinski definition) is 3. The van der Waals surface area contributed by atoms with E-state index < -0.39 is 5.97 Å². The minimum Gasteiger partial charge on any atom is -0.493 e. The number of rotatable bonds is 7. The smallest absolute Gasteiger partial charge is 0.303 e. The first-order valence-corrected chi connectivity index (χ1v) is 6.36. The number of para-hydroxylation sites is 1. The molecular formula is C14H19NO3. The molecule has 0 spiro atoms. The zero-order valence-electron chi connectivity index (χ0n) is 10.3. The molecule has 1 saturated carbocycles. The molecule has 1 aromatic carbocycles. The van der Waals surface area contributed by atoms with E-state index in [2.05, 4.69) is 0 Å². The van der Waals surface area contributed by atoms with Gasteiger partial charge in [-0.3, -0.25) is 4.79 Å². The summed E-state index contributed by atoms with van der Waals surface area (Å²) >= 11 is 0. The van der Waals surface area contributed by atoms with Crippen molar-refractivity contribution in [1.82, 2.24) is 0 Å². The normalized spacial score (nSPS) is 16.3. The van der Waals surface area contributed by atoms with E-state index in [1.165, 1.54) is 12.8 Å². The molecule has 0 saturated heterocycles. The van der Waals surface area contributed by atoms with E-state index in [0.717, 1.165) is 17.9 Å². The Kier molecular flexibility index (Phi) is 4.20. The summed E-state index contributed by atoms with van der Waals surface area (Å²) in [5.74, 6) is 0.664. The predicted octanol–water partition coefficient (Wildman–Crippen LogP) is 2.34. The highest BCUT2D eigenvalue weighted by Crippen LogP contribution is 2.32. The molecule has 0 radical (unpaired) electrons. The number of aliphatic carboxylic acids is 1. The van der Waals surface area contributed by atoms with Gasteiger partial charge in [-0.2, -0.15) is 0 Å². The summed E-state index contributed by atoms with van der Waals surface area (Å²) < 4.78 is 5.76. The van der Waals surface area contributed by atoms with Crippen molar-refractivity contribution in [3.8, 4) is 5.75 Å². The van der Waals surface area contributed by atoms with Crippen molar-refractivity contribution in [1.29, 1.82) is 0 Å². The third-order valence-corrected chi connectivity index (χ3v) is 3.16. The van der Waals surface area contributed by atoms with Crippen LogP contribution in [0.1, 0.15) is 37.3 Å². The lowest BCUT2D eigenvalue weighted by Gasteiger charge is -2.16. The highest BCUT2D eigenvalue weighted by atomic mass is 16.5. The third kappa shape index (κ3) is 3.74. The number of hydrogen-bond donors (Lipinski definition) is 2. The van der Waals surface area contributed by atoms with Crippen LogP contribution < -0.4 is 10.5 Å². The van der Waals surface area contributed by atoms with Crippen molar-refractivity contribution in [2.75, 3.05) is 6.61 Å². The van der Waals surface area contributed by atoms with Gasteiger partial charge in [0.05, 0.1) is 6.61 Å². The fourth-order valence-corrected chi connectivity index (χ4v) is 1.84. The Balaban J connectivity index is 1.97. The average Bonchev–Trinajstić information content (AvgIpc) is 3.18. The SMILES string of the molecule is NC(CCC(=O)O)c1ccccc1OCC1CC1. The molecule has 1 unspecified atom stereocenters. The molecule has 0 heterocycles. The molecular weight excluding hydrogens is 230 g/mol. The van der Waals surface area contributed by atoms with E-state index in [0.29, 0.717) is 12.3 Å². The Morgan fingerprint density at radius 1 is 1.44 bits per heavy atom. The Morgan fingerprint density at radius 2 is 2.17 bits per heavy atom. The topological polar surface area (TPSA) is 72.6 Å². The number of carboxylic acid groups (broad SMARTS) is 1. The summed E-state index contributed by atoms with van der Waals surface area (Å²) in [4.78, 5) is 10.6.